The third kappa shape index (κ3) is 6.38. The molecule has 0 aliphatic heterocycles. The van der Waals surface area contributed by atoms with Gasteiger partial charge in [0.05, 0.1) is 16.6 Å². The van der Waals surface area contributed by atoms with Crippen molar-refractivity contribution in [2.75, 3.05) is 4.90 Å². The molecule has 9 aromatic rings. The van der Waals surface area contributed by atoms with Gasteiger partial charge in [0.15, 0.2) is 0 Å². The van der Waals surface area contributed by atoms with Gasteiger partial charge in [-0.15, -0.1) is 0 Å². The smallest absolute Gasteiger partial charge is 0.266 e. The predicted octanol–water partition coefficient (Wildman–Crippen LogP) is 12.5. The Morgan fingerprint density at radius 2 is 0.833 bits per heavy atom. The Kier molecular flexibility index (Phi) is 8.68. The van der Waals surface area contributed by atoms with E-state index in [2.05, 4.69) is 138 Å². The quantitative estimate of drug-likeness (QED) is 0.159. The maximum absolute atomic E-state index is 14.2. The summed E-state index contributed by atoms with van der Waals surface area (Å²) < 4.78 is 1.74. The fourth-order valence-corrected chi connectivity index (χ4v) is 7.12. The lowest BCUT2D eigenvalue weighted by Crippen LogP contribution is -2.22. The van der Waals surface area contributed by atoms with Crippen molar-refractivity contribution in [1.29, 1.82) is 0 Å². The standard InChI is InChI=1S/C50H35N3O/c54-50-47-24-10-11-25-48(47)51-49(40-18-8-3-9-19-40)53(50)46-23-13-21-42(35-46)41-20-12-22-45(34-41)52(43-30-26-38(27-31-43)36-14-4-1-5-15-36)44-32-28-39(29-33-44)37-16-6-2-7-17-37/h1-35H. The minimum Gasteiger partial charge on any atom is -0.310 e. The van der Waals surface area contributed by atoms with Gasteiger partial charge in [-0.2, -0.15) is 0 Å². The Morgan fingerprint density at radius 1 is 0.370 bits per heavy atom. The molecule has 0 bridgehead atoms. The molecule has 0 radical (unpaired) electrons. The molecule has 4 heteroatoms. The minimum absolute atomic E-state index is 0.102. The normalized spacial score (nSPS) is 11.0. The van der Waals surface area contributed by atoms with Gasteiger partial charge >= 0.3 is 0 Å². The SMILES string of the molecule is O=c1c2ccccc2nc(-c2ccccc2)n1-c1cccc(-c2cccc(N(c3ccc(-c4ccccc4)cc3)c3ccc(-c4ccccc4)cc3)c2)c1. The zero-order valence-corrected chi connectivity index (χ0v) is 29.5. The summed E-state index contributed by atoms with van der Waals surface area (Å²) in [5.74, 6) is 0.606. The van der Waals surface area contributed by atoms with E-state index in [0.717, 1.165) is 50.6 Å². The van der Waals surface area contributed by atoms with Crippen molar-refractivity contribution in [3.8, 4) is 50.5 Å². The number of rotatable bonds is 8. The highest BCUT2D eigenvalue weighted by atomic mass is 16.1. The monoisotopic (exact) mass is 693 g/mol. The third-order valence-corrected chi connectivity index (χ3v) is 9.81. The first-order chi connectivity index (χ1) is 26.7. The van der Waals surface area contributed by atoms with E-state index >= 15 is 0 Å². The van der Waals surface area contributed by atoms with Crippen molar-refractivity contribution in [2.24, 2.45) is 0 Å². The molecule has 1 aromatic heterocycles. The molecule has 9 rings (SSSR count). The zero-order chi connectivity index (χ0) is 36.3. The lowest BCUT2D eigenvalue weighted by Gasteiger charge is -2.26. The molecular formula is C50H35N3O. The molecule has 54 heavy (non-hydrogen) atoms. The number of benzene rings is 8. The third-order valence-electron chi connectivity index (χ3n) is 9.81. The fraction of sp³-hybridized carbons (Fsp3) is 0. The second-order valence-corrected chi connectivity index (χ2v) is 13.2. The van der Waals surface area contributed by atoms with Crippen LogP contribution in [-0.2, 0) is 0 Å². The minimum atomic E-state index is -0.102. The Labute approximate surface area is 314 Å². The van der Waals surface area contributed by atoms with Gasteiger partial charge in [0.1, 0.15) is 5.82 Å². The molecule has 4 nitrogen and oxygen atoms in total. The van der Waals surface area contributed by atoms with Gasteiger partial charge in [0, 0.05) is 22.6 Å². The van der Waals surface area contributed by atoms with Crippen molar-refractivity contribution in [2.45, 2.75) is 0 Å². The fourth-order valence-electron chi connectivity index (χ4n) is 7.12. The lowest BCUT2D eigenvalue weighted by atomic mass is 10.0. The number of nitrogens with zero attached hydrogens (tertiary/aromatic N) is 3. The molecule has 8 aromatic carbocycles. The van der Waals surface area contributed by atoms with Crippen LogP contribution in [0.1, 0.15) is 0 Å². The summed E-state index contributed by atoms with van der Waals surface area (Å²) in [5.41, 5.74) is 12.0. The average molecular weight is 694 g/mol. The topological polar surface area (TPSA) is 38.1 Å². The lowest BCUT2D eigenvalue weighted by molar-refractivity contribution is 0.976. The maximum atomic E-state index is 14.2. The van der Waals surface area contributed by atoms with Crippen molar-refractivity contribution >= 4 is 28.0 Å². The largest absolute Gasteiger partial charge is 0.310 e. The van der Waals surface area contributed by atoms with Gasteiger partial charge in [-0.05, 0) is 94.0 Å². The molecule has 0 amide bonds. The number of hydrogen-bond acceptors (Lipinski definition) is 3. The first kappa shape index (κ1) is 32.6. The van der Waals surface area contributed by atoms with Gasteiger partial charge in [-0.3, -0.25) is 9.36 Å². The van der Waals surface area contributed by atoms with Gasteiger partial charge in [0.2, 0.25) is 0 Å². The van der Waals surface area contributed by atoms with Gasteiger partial charge in [0.25, 0.3) is 5.56 Å². The molecule has 0 saturated heterocycles. The number of anilines is 3. The van der Waals surface area contributed by atoms with Crippen LogP contribution in [0, 0.1) is 0 Å². The molecule has 0 spiro atoms. The van der Waals surface area contributed by atoms with Crippen LogP contribution in [0.25, 0.3) is 61.4 Å². The summed E-state index contributed by atoms with van der Waals surface area (Å²) >= 11 is 0. The first-order valence-electron chi connectivity index (χ1n) is 18.1. The van der Waals surface area contributed by atoms with Crippen molar-refractivity contribution < 1.29 is 0 Å². The molecular weight excluding hydrogens is 659 g/mol. The molecule has 0 N–H and O–H groups in total. The van der Waals surface area contributed by atoms with E-state index in [9.17, 15) is 4.79 Å². The molecule has 256 valence electrons. The van der Waals surface area contributed by atoms with E-state index in [1.165, 1.54) is 11.1 Å². The molecule has 0 atom stereocenters. The second kappa shape index (κ2) is 14.4. The highest BCUT2D eigenvalue weighted by Gasteiger charge is 2.17. The second-order valence-electron chi connectivity index (χ2n) is 13.2. The van der Waals surface area contributed by atoms with E-state index in [0.29, 0.717) is 16.7 Å². The van der Waals surface area contributed by atoms with Gasteiger partial charge < -0.3 is 4.90 Å². The van der Waals surface area contributed by atoms with E-state index in [4.69, 9.17) is 4.98 Å². The number of fused-ring (bicyclic) bond motifs is 1. The van der Waals surface area contributed by atoms with Crippen molar-refractivity contribution in [1.82, 2.24) is 9.55 Å². The number of aromatic nitrogens is 2. The summed E-state index contributed by atoms with van der Waals surface area (Å²) in [6.07, 6.45) is 0. The summed E-state index contributed by atoms with van der Waals surface area (Å²) in [6, 6.07) is 72.6. The van der Waals surface area contributed by atoms with E-state index < -0.39 is 0 Å². The van der Waals surface area contributed by atoms with Crippen molar-refractivity contribution in [3.63, 3.8) is 0 Å². The highest BCUT2D eigenvalue weighted by molar-refractivity contribution is 5.84. The molecule has 0 saturated carbocycles. The molecule has 0 aliphatic carbocycles. The summed E-state index contributed by atoms with van der Waals surface area (Å²) in [7, 11) is 0. The van der Waals surface area contributed by atoms with Crippen LogP contribution in [0.3, 0.4) is 0 Å². The van der Waals surface area contributed by atoms with E-state index in [1.54, 1.807) is 4.57 Å². The van der Waals surface area contributed by atoms with E-state index in [-0.39, 0.29) is 5.56 Å². The Morgan fingerprint density at radius 3 is 1.43 bits per heavy atom. The van der Waals surface area contributed by atoms with Crippen molar-refractivity contribution in [3.05, 3.63) is 223 Å². The summed E-state index contributed by atoms with van der Waals surface area (Å²) in [6.45, 7) is 0. The number of para-hydroxylation sites is 1. The average Bonchev–Trinajstić information content (AvgIpc) is 3.25. The molecule has 0 unspecified atom stereocenters. The van der Waals surface area contributed by atoms with Crippen LogP contribution in [0.5, 0.6) is 0 Å². The van der Waals surface area contributed by atoms with Crippen LogP contribution >= 0.6 is 0 Å². The van der Waals surface area contributed by atoms with Crippen LogP contribution in [-0.4, -0.2) is 9.55 Å². The molecule has 1 heterocycles. The van der Waals surface area contributed by atoms with Crippen LogP contribution in [0.4, 0.5) is 17.1 Å². The van der Waals surface area contributed by atoms with Crippen LogP contribution in [0.2, 0.25) is 0 Å². The summed E-state index contributed by atoms with van der Waals surface area (Å²) in [5, 5.41) is 0.580. The molecule has 0 fully saturated rings. The Bertz CT molecular complexity index is 2680. The Hall–Kier alpha value is -7.30. The summed E-state index contributed by atoms with van der Waals surface area (Å²) in [4.78, 5) is 21.5. The van der Waals surface area contributed by atoms with Gasteiger partial charge in [-0.25, -0.2) is 4.98 Å². The predicted molar refractivity (Wildman–Crippen MR) is 224 cm³/mol. The maximum Gasteiger partial charge on any atom is 0.266 e. The van der Waals surface area contributed by atoms with Gasteiger partial charge in [-0.1, -0.05) is 152 Å². The van der Waals surface area contributed by atoms with E-state index in [1.807, 2.05) is 78.9 Å². The first-order valence-corrected chi connectivity index (χ1v) is 18.1. The Balaban J connectivity index is 1.14. The van der Waals surface area contributed by atoms with Crippen LogP contribution in [0.15, 0.2) is 217 Å². The van der Waals surface area contributed by atoms with Crippen LogP contribution < -0.4 is 10.5 Å². The highest BCUT2D eigenvalue weighted by Crippen LogP contribution is 2.38. The molecule has 0 aliphatic rings. The zero-order valence-electron chi connectivity index (χ0n) is 29.5. The number of hydrogen-bond donors (Lipinski definition) is 0.